The number of carbonyl (C=O) groups excluding carboxylic acids is 1. The van der Waals surface area contributed by atoms with Crippen molar-refractivity contribution in [2.24, 2.45) is 5.92 Å². The number of esters is 1. The average Bonchev–Trinajstić information content (AvgIpc) is 2.71. The molecule has 0 spiro atoms. The molecule has 1 heterocycles. The van der Waals surface area contributed by atoms with Crippen LogP contribution in [0, 0.1) is 5.92 Å². The lowest BCUT2D eigenvalue weighted by Crippen LogP contribution is -2.28. The maximum atomic E-state index is 11.8. The summed E-state index contributed by atoms with van der Waals surface area (Å²) < 4.78 is 5.40. The first-order valence-corrected chi connectivity index (χ1v) is 12.3. The molecule has 164 valence electrons. The van der Waals surface area contributed by atoms with Gasteiger partial charge in [-0.05, 0) is 70.4 Å². The van der Waals surface area contributed by atoms with Crippen LogP contribution in [0.15, 0.2) is 12.2 Å². The first-order valence-electron chi connectivity index (χ1n) is 12.3. The van der Waals surface area contributed by atoms with E-state index in [1.54, 1.807) is 0 Å². The zero-order chi connectivity index (χ0) is 20.1. The molecule has 1 N–H and O–H groups in total. The van der Waals surface area contributed by atoms with E-state index in [-0.39, 0.29) is 5.97 Å². The van der Waals surface area contributed by atoms with Crippen LogP contribution in [-0.2, 0) is 9.53 Å². The Bertz CT molecular complexity index is 375. The quantitative estimate of drug-likeness (QED) is 0.155. The molecule has 1 saturated heterocycles. The molecule has 0 radical (unpaired) electrons. The number of piperidine rings is 1. The predicted molar refractivity (Wildman–Crippen MR) is 121 cm³/mol. The predicted octanol–water partition coefficient (Wildman–Crippen LogP) is 6.96. The summed E-state index contributed by atoms with van der Waals surface area (Å²) in [6.07, 6.45) is 25.6. The van der Waals surface area contributed by atoms with Crippen molar-refractivity contribution in [3.05, 3.63) is 12.2 Å². The second kappa shape index (κ2) is 19.5. The van der Waals surface area contributed by atoms with Crippen molar-refractivity contribution >= 4 is 5.97 Å². The fourth-order valence-corrected chi connectivity index (χ4v) is 3.92. The molecule has 0 aliphatic carbocycles. The molecule has 1 rings (SSSR count). The molecular formula is C25H47NO2. The highest BCUT2D eigenvalue weighted by Gasteiger charge is 2.13. The maximum absolute atomic E-state index is 11.8. The molecule has 0 atom stereocenters. The van der Waals surface area contributed by atoms with Crippen LogP contribution in [0.5, 0.6) is 0 Å². The van der Waals surface area contributed by atoms with Gasteiger partial charge in [-0.15, -0.1) is 0 Å². The van der Waals surface area contributed by atoms with E-state index >= 15 is 0 Å². The normalized spacial score (nSPS) is 15.3. The van der Waals surface area contributed by atoms with Crippen molar-refractivity contribution in [1.82, 2.24) is 5.32 Å². The van der Waals surface area contributed by atoms with Crippen LogP contribution in [0.2, 0.25) is 0 Å². The van der Waals surface area contributed by atoms with Crippen LogP contribution in [0.1, 0.15) is 116 Å². The van der Waals surface area contributed by atoms with Gasteiger partial charge >= 0.3 is 5.97 Å². The van der Waals surface area contributed by atoms with Gasteiger partial charge in [0.2, 0.25) is 0 Å². The Kier molecular flexibility index (Phi) is 17.5. The smallest absolute Gasteiger partial charge is 0.305 e. The summed E-state index contributed by atoms with van der Waals surface area (Å²) in [6, 6.07) is 0. The summed E-state index contributed by atoms with van der Waals surface area (Å²) in [5.74, 6) is 0.750. The largest absolute Gasteiger partial charge is 0.466 e. The molecule has 1 fully saturated rings. The van der Waals surface area contributed by atoms with Crippen LogP contribution in [0.3, 0.4) is 0 Å². The van der Waals surface area contributed by atoms with Gasteiger partial charge in [0.25, 0.3) is 0 Å². The average molecular weight is 394 g/mol. The van der Waals surface area contributed by atoms with E-state index < -0.39 is 0 Å². The molecule has 1 aliphatic heterocycles. The summed E-state index contributed by atoms with van der Waals surface area (Å²) in [6.45, 7) is 5.13. The Morgan fingerprint density at radius 2 is 1.43 bits per heavy atom. The number of hydrogen-bond acceptors (Lipinski definition) is 3. The fraction of sp³-hybridized carbons (Fsp3) is 0.880. The van der Waals surface area contributed by atoms with Crippen molar-refractivity contribution in [2.45, 2.75) is 116 Å². The SMILES string of the molecule is CCCCCCCCC=CCCCCCCCC(=O)OCCC1CCNCC1. The molecule has 0 aromatic heterocycles. The van der Waals surface area contributed by atoms with Crippen molar-refractivity contribution in [3.63, 3.8) is 0 Å². The molecule has 0 bridgehead atoms. The third-order valence-corrected chi connectivity index (χ3v) is 5.89. The standard InChI is InChI=1S/C25H47NO2/c1-2-3-4-5-6-7-8-9-10-11-12-13-14-15-16-17-25(27)28-23-20-24-18-21-26-22-19-24/h9-10,24,26H,2-8,11-23H2,1H3. The molecular weight excluding hydrogens is 346 g/mol. The Morgan fingerprint density at radius 1 is 0.857 bits per heavy atom. The maximum Gasteiger partial charge on any atom is 0.305 e. The van der Waals surface area contributed by atoms with Gasteiger partial charge in [0.15, 0.2) is 0 Å². The van der Waals surface area contributed by atoms with Gasteiger partial charge < -0.3 is 10.1 Å². The Labute approximate surface area is 175 Å². The van der Waals surface area contributed by atoms with Gasteiger partial charge in [-0.1, -0.05) is 70.4 Å². The van der Waals surface area contributed by atoms with E-state index in [9.17, 15) is 4.79 Å². The minimum Gasteiger partial charge on any atom is -0.466 e. The van der Waals surface area contributed by atoms with Gasteiger partial charge in [0.1, 0.15) is 0 Å². The van der Waals surface area contributed by atoms with Crippen LogP contribution in [0.25, 0.3) is 0 Å². The summed E-state index contributed by atoms with van der Waals surface area (Å²) >= 11 is 0. The van der Waals surface area contributed by atoms with Gasteiger partial charge in [0.05, 0.1) is 6.61 Å². The molecule has 0 saturated carbocycles. The molecule has 3 heteroatoms. The van der Waals surface area contributed by atoms with Crippen LogP contribution < -0.4 is 5.32 Å². The zero-order valence-corrected chi connectivity index (χ0v) is 18.7. The monoisotopic (exact) mass is 393 g/mol. The highest BCUT2D eigenvalue weighted by Crippen LogP contribution is 2.16. The molecule has 3 nitrogen and oxygen atoms in total. The van der Waals surface area contributed by atoms with Crippen LogP contribution >= 0.6 is 0 Å². The summed E-state index contributed by atoms with van der Waals surface area (Å²) in [5.41, 5.74) is 0. The van der Waals surface area contributed by atoms with E-state index in [2.05, 4.69) is 24.4 Å². The molecule has 28 heavy (non-hydrogen) atoms. The van der Waals surface area contributed by atoms with Crippen LogP contribution in [-0.4, -0.2) is 25.7 Å². The summed E-state index contributed by atoms with van der Waals surface area (Å²) in [5, 5.41) is 3.37. The minimum atomic E-state index is 0.00608. The number of nitrogens with one attached hydrogen (secondary N) is 1. The number of carbonyl (C=O) groups is 1. The third kappa shape index (κ3) is 16.2. The number of rotatable bonds is 18. The summed E-state index contributed by atoms with van der Waals surface area (Å²) in [4.78, 5) is 11.8. The Morgan fingerprint density at radius 3 is 2.07 bits per heavy atom. The summed E-state index contributed by atoms with van der Waals surface area (Å²) in [7, 11) is 0. The minimum absolute atomic E-state index is 0.00608. The second-order valence-corrected chi connectivity index (χ2v) is 8.54. The van der Waals surface area contributed by atoms with Crippen molar-refractivity contribution in [2.75, 3.05) is 19.7 Å². The van der Waals surface area contributed by atoms with E-state index in [1.807, 2.05) is 0 Å². The van der Waals surface area contributed by atoms with E-state index in [1.165, 1.54) is 83.5 Å². The van der Waals surface area contributed by atoms with Gasteiger partial charge in [0, 0.05) is 6.42 Å². The van der Waals surface area contributed by atoms with Crippen LogP contribution in [0.4, 0.5) is 0 Å². The van der Waals surface area contributed by atoms with Gasteiger partial charge in [-0.25, -0.2) is 0 Å². The second-order valence-electron chi connectivity index (χ2n) is 8.54. The topological polar surface area (TPSA) is 38.3 Å². The van der Waals surface area contributed by atoms with Gasteiger partial charge in [-0.3, -0.25) is 4.79 Å². The van der Waals surface area contributed by atoms with Crippen molar-refractivity contribution in [1.29, 1.82) is 0 Å². The van der Waals surface area contributed by atoms with E-state index in [0.29, 0.717) is 13.0 Å². The van der Waals surface area contributed by atoms with Crippen molar-refractivity contribution < 1.29 is 9.53 Å². The van der Waals surface area contributed by atoms with Gasteiger partial charge in [-0.2, -0.15) is 0 Å². The molecule has 0 amide bonds. The number of ether oxygens (including phenoxy) is 1. The number of hydrogen-bond donors (Lipinski definition) is 1. The number of allylic oxidation sites excluding steroid dienone is 2. The third-order valence-electron chi connectivity index (χ3n) is 5.89. The first kappa shape index (κ1) is 25.2. The lowest BCUT2D eigenvalue weighted by molar-refractivity contribution is -0.144. The molecule has 0 aromatic rings. The lowest BCUT2D eigenvalue weighted by atomic mass is 9.95. The van der Waals surface area contributed by atoms with E-state index in [4.69, 9.17) is 4.74 Å². The first-order chi connectivity index (χ1) is 13.8. The fourth-order valence-electron chi connectivity index (χ4n) is 3.92. The number of unbranched alkanes of at least 4 members (excludes halogenated alkanes) is 11. The molecule has 1 aliphatic rings. The molecule has 0 aromatic carbocycles. The zero-order valence-electron chi connectivity index (χ0n) is 18.7. The lowest BCUT2D eigenvalue weighted by Gasteiger charge is -2.22. The Balaban J connectivity index is 1.77. The highest BCUT2D eigenvalue weighted by molar-refractivity contribution is 5.69. The van der Waals surface area contributed by atoms with E-state index in [0.717, 1.165) is 38.3 Å². The Hall–Kier alpha value is -0.830. The van der Waals surface area contributed by atoms with Crippen molar-refractivity contribution in [3.8, 4) is 0 Å². The highest BCUT2D eigenvalue weighted by atomic mass is 16.5. The molecule has 0 unspecified atom stereocenters.